The molecule has 0 aromatic carbocycles. The first-order valence-electron chi connectivity index (χ1n) is 6.06. The van der Waals surface area contributed by atoms with Crippen molar-refractivity contribution in [1.82, 2.24) is 0 Å². The highest BCUT2D eigenvalue weighted by Crippen LogP contribution is 2.21. The summed E-state index contributed by atoms with van der Waals surface area (Å²) in [6.07, 6.45) is 1.91. The molecular formula is C13H24O4. The number of hydrogen-bond acceptors (Lipinski definition) is 4. The fourth-order valence-corrected chi connectivity index (χ4v) is 1.27. The van der Waals surface area contributed by atoms with Crippen molar-refractivity contribution in [1.29, 1.82) is 0 Å². The van der Waals surface area contributed by atoms with E-state index in [1.807, 2.05) is 0 Å². The minimum Gasteiger partial charge on any atom is -0.460 e. The lowest BCUT2D eigenvalue weighted by atomic mass is 9.90. The maximum atomic E-state index is 11.3. The van der Waals surface area contributed by atoms with E-state index < -0.39 is 5.97 Å². The van der Waals surface area contributed by atoms with Crippen LogP contribution in [0.15, 0.2) is 0 Å². The van der Waals surface area contributed by atoms with Crippen LogP contribution in [0.2, 0.25) is 0 Å². The van der Waals surface area contributed by atoms with Crippen LogP contribution in [-0.4, -0.2) is 24.6 Å². The molecule has 0 fully saturated rings. The first-order chi connectivity index (χ1) is 7.70. The second kappa shape index (κ2) is 7.30. The van der Waals surface area contributed by atoms with Crippen LogP contribution in [0.25, 0.3) is 0 Å². The van der Waals surface area contributed by atoms with Crippen LogP contribution in [0.3, 0.4) is 0 Å². The van der Waals surface area contributed by atoms with Gasteiger partial charge in [0.15, 0.2) is 6.61 Å². The molecule has 0 rings (SSSR count). The van der Waals surface area contributed by atoms with Gasteiger partial charge in [-0.05, 0) is 32.1 Å². The Kier molecular flexibility index (Phi) is 6.85. The fourth-order valence-electron chi connectivity index (χ4n) is 1.27. The first kappa shape index (κ1) is 15.9. The Labute approximate surface area is 104 Å². The molecule has 0 aliphatic carbocycles. The number of ether oxygens (including phenoxy) is 2. The molecule has 17 heavy (non-hydrogen) atoms. The van der Waals surface area contributed by atoms with Gasteiger partial charge in [0, 0.05) is 6.42 Å². The topological polar surface area (TPSA) is 52.6 Å². The van der Waals surface area contributed by atoms with Crippen molar-refractivity contribution in [2.24, 2.45) is 5.41 Å². The number of esters is 2. The maximum Gasteiger partial charge on any atom is 0.344 e. The van der Waals surface area contributed by atoms with Crippen molar-refractivity contribution in [3.05, 3.63) is 0 Å². The van der Waals surface area contributed by atoms with Crippen molar-refractivity contribution in [3.8, 4) is 0 Å². The summed E-state index contributed by atoms with van der Waals surface area (Å²) < 4.78 is 9.65. The summed E-state index contributed by atoms with van der Waals surface area (Å²) in [5, 5.41) is 0. The molecule has 4 heteroatoms. The highest BCUT2D eigenvalue weighted by molar-refractivity contribution is 5.76. The van der Waals surface area contributed by atoms with Crippen LogP contribution in [0.1, 0.15) is 53.9 Å². The van der Waals surface area contributed by atoms with Gasteiger partial charge in [-0.15, -0.1) is 0 Å². The Hall–Kier alpha value is -1.06. The Balaban J connectivity index is 3.63. The summed E-state index contributed by atoms with van der Waals surface area (Å²) in [6, 6.07) is 0. The molecule has 0 aromatic heterocycles. The van der Waals surface area contributed by atoms with Gasteiger partial charge < -0.3 is 9.47 Å². The third kappa shape index (κ3) is 11.2. The van der Waals surface area contributed by atoms with Gasteiger partial charge in [0.2, 0.25) is 0 Å². The highest BCUT2D eigenvalue weighted by atomic mass is 16.6. The van der Waals surface area contributed by atoms with Crippen LogP contribution in [0.5, 0.6) is 0 Å². The first-order valence-corrected chi connectivity index (χ1v) is 6.06. The largest absolute Gasteiger partial charge is 0.460 e. The summed E-state index contributed by atoms with van der Waals surface area (Å²) in [6.45, 7) is 9.59. The van der Waals surface area contributed by atoms with Crippen LogP contribution >= 0.6 is 0 Å². The Morgan fingerprint density at radius 2 is 1.71 bits per heavy atom. The molecule has 0 unspecified atom stereocenters. The lowest BCUT2D eigenvalue weighted by molar-refractivity contribution is -0.161. The SMILES string of the molecule is CC(C)OC(=O)COC(=O)CCCC(C)(C)C. The zero-order valence-electron chi connectivity index (χ0n) is 11.5. The predicted molar refractivity (Wildman–Crippen MR) is 65.5 cm³/mol. The van der Waals surface area contributed by atoms with Crippen LogP contribution in [0, 0.1) is 5.41 Å². The average Bonchev–Trinajstić information content (AvgIpc) is 2.11. The molecule has 0 aromatic rings. The van der Waals surface area contributed by atoms with Crippen LogP contribution in [-0.2, 0) is 19.1 Å². The summed E-state index contributed by atoms with van der Waals surface area (Å²) in [5.74, 6) is -0.834. The van der Waals surface area contributed by atoms with Crippen molar-refractivity contribution >= 4 is 11.9 Å². The van der Waals surface area contributed by atoms with Gasteiger partial charge in [0.1, 0.15) is 0 Å². The molecule has 0 N–H and O–H groups in total. The molecule has 0 spiro atoms. The molecule has 0 heterocycles. The molecule has 0 aliphatic rings. The number of rotatable bonds is 6. The van der Waals surface area contributed by atoms with Gasteiger partial charge in [0.25, 0.3) is 0 Å². The van der Waals surface area contributed by atoms with E-state index in [1.165, 1.54) is 0 Å². The average molecular weight is 244 g/mol. The van der Waals surface area contributed by atoms with Gasteiger partial charge in [-0.1, -0.05) is 20.8 Å². The van der Waals surface area contributed by atoms with E-state index in [9.17, 15) is 9.59 Å². The smallest absolute Gasteiger partial charge is 0.344 e. The maximum absolute atomic E-state index is 11.3. The Bertz CT molecular complexity index is 251. The summed E-state index contributed by atoms with van der Waals surface area (Å²) >= 11 is 0. The highest BCUT2D eigenvalue weighted by Gasteiger charge is 2.13. The van der Waals surface area contributed by atoms with Gasteiger partial charge in [-0.3, -0.25) is 4.79 Å². The lowest BCUT2D eigenvalue weighted by Gasteiger charge is -2.17. The Morgan fingerprint density at radius 3 is 2.18 bits per heavy atom. The quantitative estimate of drug-likeness (QED) is 0.674. The lowest BCUT2D eigenvalue weighted by Crippen LogP contribution is -2.19. The van der Waals surface area contributed by atoms with Crippen LogP contribution in [0.4, 0.5) is 0 Å². The standard InChI is InChI=1S/C13H24O4/c1-10(2)17-12(15)9-16-11(14)7-6-8-13(3,4)5/h10H,6-9H2,1-5H3. The van der Waals surface area contributed by atoms with Crippen molar-refractivity contribution in [3.63, 3.8) is 0 Å². The number of carbonyl (C=O) groups excluding carboxylic acids is 2. The molecule has 0 bridgehead atoms. The van der Waals surface area contributed by atoms with Gasteiger partial charge >= 0.3 is 11.9 Å². The molecule has 0 amide bonds. The van der Waals surface area contributed by atoms with Crippen molar-refractivity contribution in [2.75, 3.05) is 6.61 Å². The molecule has 0 saturated heterocycles. The van der Waals surface area contributed by atoms with E-state index in [0.717, 1.165) is 12.8 Å². The predicted octanol–water partition coefficient (Wildman–Crippen LogP) is 2.70. The van der Waals surface area contributed by atoms with Gasteiger partial charge in [-0.25, -0.2) is 4.79 Å². The summed E-state index contributed by atoms with van der Waals surface area (Å²) in [7, 11) is 0. The zero-order chi connectivity index (χ0) is 13.5. The molecule has 0 saturated carbocycles. The normalized spacial score (nSPS) is 11.4. The monoisotopic (exact) mass is 244 g/mol. The van der Waals surface area contributed by atoms with Crippen LogP contribution < -0.4 is 0 Å². The van der Waals surface area contributed by atoms with E-state index in [1.54, 1.807) is 13.8 Å². The van der Waals surface area contributed by atoms with E-state index in [-0.39, 0.29) is 24.1 Å². The second-order valence-corrected chi connectivity index (χ2v) is 5.61. The third-order valence-electron chi connectivity index (χ3n) is 2.03. The zero-order valence-corrected chi connectivity index (χ0v) is 11.5. The van der Waals surface area contributed by atoms with E-state index in [4.69, 9.17) is 9.47 Å². The van der Waals surface area contributed by atoms with E-state index in [0.29, 0.717) is 6.42 Å². The molecule has 4 nitrogen and oxygen atoms in total. The van der Waals surface area contributed by atoms with Gasteiger partial charge in [0.05, 0.1) is 6.10 Å². The van der Waals surface area contributed by atoms with Crippen molar-refractivity contribution in [2.45, 2.75) is 60.0 Å². The Morgan fingerprint density at radius 1 is 1.12 bits per heavy atom. The number of hydrogen-bond donors (Lipinski definition) is 0. The van der Waals surface area contributed by atoms with E-state index >= 15 is 0 Å². The number of carbonyl (C=O) groups is 2. The third-order valence-corrected chi connectivity index (χ3v) is 2.03. The molecular weight excluding hydrogens is 220 g/mol. The summed E-state index contributed by atoms with van der Waals surface area (Å²) in [4.78, 5) is 22.4. The second-order valence-electron chi connectivity index (χ2n) is 5.61. The molecule has 0 aliphatic heterocycles. The molecule has 100 valence electrons. The van der Waals surface area contributed by atoms with Crippen molar-refractivity contribution < 1.29 is 19.1 Å². The fraction of sp³-hybridized carbons (Fsp3) is 0.846. The van der Waals surface area contributed by atoms with E-state index in [2.05, 4.69) is 20.8 Å². The summed E-state index contributed by atoms with van der Waals surface area (Å²) in [5.41, 5.74) is 0.219. The van der Waals surface area contributed by atoms with Gasteiger partial charge in [-0.2, -0.15) is 0 Å². The molecule has 0 atom stereocenters. The minimum atomic E-state index is -0.496. The molecule has 0 radical (unpaired) electrons. The minimum absolute atomic E-state index is 0.179.